The van der Waals surface area contributed by atoms with Crippen LogP contribution in [0.25, 0.3) is 21.9 Å². The Hall–Kier alpha value is -2.87. The lowest BCUT2D eigenvalue weighted by Crippen LogP contribution is -2.11. The van der Waals surface area contributed by atoms with E-state index in [1.807, 2.05) is 12.1 Å². The summed E-state index contributed by atoms with van der Waals surface area (Å²) < 4.78 is 8.36. The molecule has 0 bridgehead atoms. The molecule has 3 aromatic carbocycles. The van der Waals surface area contributed by atoms with Crippen molar-refractivity contribution in [2.45, 2.75) is 13.3 Å². The molecule has 1 aliphatic rings. The average Bonchev–Trinajstić information content (AvgIpc) is 3.11. The number of aryl methyl sites for hydroxylation is 1. The van der Waals surface area contributed by atoms with Crippen LogP contribution >= 0.6 is 0 Å². The Morgan fingerprint density at radius 3 is 2.54 bits per heavy atom. The Bertz CT molecular complexity index is 1150. The van der Waals surface area contributed by atoms with Crippen LogP contribution in [0.15, 0.2) is 65.1 Å². The number of hydrogen-bond acceptors (Lipinski definition) is 1. The van der Waals surface area contributed by atoms with Crippen molar-refractivity contribution in [3.63, 3.8) is 0 Å². The van der Waals surface area contributed by atoms with Crippen molar-refractivity contribution in [2.75, 3.05) is 7.05 Å². The van der Waals surface area contributed by atoms with E-state index in [-0.39, 0.29) is 0 Å². The van der Waals surface area contributed by atoms with Crippen molar-refractivity contribution >= 4 is 33.3 Å². The quantitative estimate of drug-likeness (QED) is 0.440. The van der Waals surface area contributed by atoms with Gasteiger partial charge >= 0.3 is 0 Å². The molecule has 0 radical (unpaired) electrons. The molecule has 0 amide bonds. The van der Waals surface area contributed by atoms with Crippen LogP contribution in [0.2, 0.25) is 0 Å². The zero-order valence-corrected chi connectivity index (χ0v) is 13.8. The number of rotatable bonds is 1. The molecule has 116 valence electrons. The summed E-state index contributed by atoms with van der Waals surface area (Å²) in [5.74, 6) is 0. The fourth-order valence-electron chi connectivity index (χ4n) is 3.88. The summed E-state index contributed by atoms with van der Waals surface area (Å²) in [4.78, 5) is 0. The van der Waals surface area contributed by atoms with Crippen LogP contribution < -0.4 is 0 Å². The van der Waals surface area contributed by atoms with Gasteiger partial charge in [-0.15, -0.1) is 0 Å². The van der Waals surface area contributed by atoms with E-state index in [2.05, 4.69) is 67.1 Å². The molecule has 0 saturated heterocycles. The van der Waals surface area contributed by atoms with Gasteiger partial charge in [0.2, 0.25) is 5.69 Å². The molecule has 2 heteroatoms. The van der Waals surface area contributed by atoms with Gasteiger partial charge in [-0.25, -0.2) is 0 Å². The number of nitrogens with zero attached hydrogens (tertiary/aromatic N) is 1. The van der Waals surface area contributed by atoms with E-state index in [0.717, 1.165) is 17.6 Å². The van der Waals surface area contributed by atoms with Gasteiger partial charge in [-0.3, -0.25) is 0 Å². The molecule has 0 aliphatic carbocycles. The number of fused-ring (bicyclic) bond motifs is 4. The predicted octanol–water partition coefficient (Wildman–Crippen LogP) is 5.21. The first-order chi connectivity index (χ1) is 11.7. The molecule has 0 N–H and O–H groups in total. The third kappa shape index (κ3) is 1.80. The lowest BCUT2D eigenvalue weighted by Gasteiger charge is -2.02. The van der Waals surface area contributed by atoms with Gasteiger partial charge in [0.15, 0.2) is 5.71 Å². The molecule has 24 heavy (non-hydrogen) atoms. The average molecular weight is 312 g/mol. The molecule has 0 fully saturated rings. The summed E-state index contributed by atoms with van der Waals surface area (Å²) >= 11 is 0. The van der Waals surface area contributed by atoms with Crippen LogP contribution in [0.5, 0.6) is 0 Å². The predicted molar refractivity (Wildman–Crippen MR) is 98.6 cm³/mol. The van der Waals surface area contributed by atoms with E-state index in [1.54, 1.807) is 0 Å². The Morgan fingerprint density at radius 2 is 1.67 bits per heavy atom. The normalized spacial score (nSPS) is 13.9. The second-order valence-electron chi connectivity index (χ2n) is 6.57. The molecule has 2 nitrogen and oxygen atoms in total. The van der Waals surface area contributed by atoms with Gasteiger partial charge in [-0.05, 0) is 30.7 Å². The summed E-state index contributed by atoms with van der Waals surface area (Å²) in [5.41, 5.74) is 8.56. The van der Waals surface area contributed by atoms with E-state index < -0.39 is 0 Å². The van der Waals surface area contributed by atoms with Gasteiger partial charge in [0.25, 0.3) is 0 Å². The Labute approximate surface area is 140 Å². The van der Waals surface area contributed by atoms with E-state index in [0.29, 0.717) is 0 Å². The van der Waals surface area contributed by atoms with E-state index in [1.165, 1.54) is 38.9 Å². The summed E-state index contributed by atoms with van der Waals surface area (Å²) in [6, 6.07) is 21.4. The first-order valence-corrected chi connectivity index (χ1v) is 8.32. The van der Waals surface area contributed by atoms with Crippen molar-refractivity contribution in [1.29, 1.82) is 0 Å². The highest BCUT2D eigenvalue weighted by molar-refractivity contribution is 6.08. The zero-order valence-electron chi connectivity index (χ0n) is 13.8. The van der Waals surface area contributed by atoms with Crippen LogP contribution in [0.1, 0.15) is 16.7 Å². The molecular formula is C22H18NO+. The maximum absolute atomic E-state index is 6.05. The maximum Gasteiger partial charge on any atom is 0.212 e. The molecule has 4 aromatic rings. The van der Waals surface area contributed by atoms with Gasteiger partial charge in [0.05, 0.1) is 12.5 Å². The molecule has 0 spiro atoms. The summed E-state index contributed by atoms with van der Waals surface area (Å²) in [7, 11) is 2.15. The molecule has 2 heterocycles. The first-order valence-electron chi connectivity index (χ1n) is 8.32. The number of furan rings is 1. The number of benzene rings is 3. The highest BCUT2D eigenvalue weighted by Gasteiger charge is 2.30. The third-order valence-electron chi connectivity index (χ3n) is 5.16. The van der Waals surface area contributed by atoms with Crippen LogP contribution in [-0.4, -0.2) is 17.3 Å². The van der Waals surface area contributed by atoms with Crippen molar-refractivity contribution < 1.29 is 8.99 Å². The zero-order chi connectivity index (χ0) is 16.3. The van der Waals surface area contributed by atoms with E-state index >= 15 is 0 Å². The van der Waals surface area contributed by atoms with E-state index in [9.17, 15) is 0 Å². The van der Waals surface area contributed by atoms with Crippen LogP contribution in [0, 0.1) is 6.92 Å². The van der Waals surface area contributed by atoms with Crippen molar-refractivity contribution in [1.82, 2.24) is 0 Å². The molecule has 1 aromatic heterocycles. The molecular weight excluding hydrogens is 294 g/mol. The Kier molecular flexibility index (Phi) is 2.72. The second-order valence-corrected chi connectivity index (χ2v) is 6.57. The standard InChI is InChI=1S/C22H18NO/c1-14-7-3-4-8-16(14)20-12-15-11-18-17-9-5-6-10-21(17)24-22(18)13-19(15)23(20)2/h3-11,13H,12H2,1-2H3/q+1. The number of hydrogen-bond donors (Lipinski definition) is 0. The van der Waals surface area contributed by atoms with Gasteiger partial charge in [-0.1, -0.05) is 36.4 Å². The van der Waals surface area contributed by atoms with Crippen molar-refractivity contribution in [2.24, 2.45) is 0 Å². The minimum absolute atomic E-state index is 0.960. The maximum atomic E-state index is 6.05. The Morgan fingerprint density at radius 1 is 0.875 bits per heavy atom. The number of para-hydroxylation sites is 1. The minimum atomic E-state index is 0.960. The topological polar surface area (TPSA) is 16.1 Å². The lowest BCUT2D eigenvalue weighted by atomic mass is 9.99. The van der Waals surface area contributed by atoms with Crippen LogP contribution in [-0.2, 0) is 6.42 Å². The Balaban J connectivity index is 1.74. The molecule has 0 atom stereocenters. The van der Waals surface area contributed by atoms with Crippen molar-refractivity contribution in [3.05, 3.63) is 77.4 Å². The molecule has 0 saturated carbocycles. The summed E-state index contributed by atoms with van der Waals surface area (Å²) in [6.45, 7) is 2.18. The largest absolute Gasteiger partial charge is 0.456 e. The van der Waals surface area contributed by atoms with Crippen LogP contribution in [0.3, 0.4) is 0 Å². The van der Waals surface area contributed by atoms with Gasteiger partial charge in [0.1, 0.15) is 18.2 Å². The summed E-state index contributed by atoms with van der Waals surface area (Å²) in [6.07, 6.45) is 0.964. The van der Waals surface area contributed by atoms with E-state index in [4.69, 9.17) is 4.42 Å². The summed E-state index contributed by atoms with van der Waals surface area (Å²) in [5, 5.41) is 2.41. The minimum Gasteiger partial charge on any atom is -0.456 e. The fourth-order valence-corrected chi connectivity index (χ4v) is 3.88. The second kappa shape index (κ2) is 4.81. The fraction of sp³-hybridized carbons (Fsp3) is 0.136. The smallest absolute Gasteiger partial charge is 0.212 e. The third-order valence-corrected chi connectivity index (χ3v) is 5.16. The first kappa shape index (κ1) is 13.6. The molecule has 5 rings (SSSR count). The lowest BCUT2D eigenvalue weighted by molar-refractivity contribution is -0.401. The van der Waals surface area contributed by atoms with Gasteiger partial charge < -0.3 is 4.42 Å². The van der Waals surface area contributed by atoms with Gasteiger partial charge in [0, 0.05) is 21.9 Å². The molecule has 0 unspecified atom stereocenters. The monoisotopic (exact) mass is 312 g/mol. The SMILES string of the molecule is Cc1ccccc1C1=[N+](C)c2cc3oc4ccccc4c3cc2C1. The highest BCUT2D eigenvalue weighted by Crippen LogP contribution is 2.36. The highest BCUT2D eigenvalue weighted by atomic mass is 16.3. The van der Waals surface area contributed by atoms with Crippen molar-refractivity contribution in [3.8, 4) is 0 Å². The molecule has 1 aliphatic heterocycles. The van der Waals surface area contributed by atoms with Crippen LogP contribution in [0.4, 0.5) is 5.69 Å². The van der Waals surface area contributed by atoms with Gasteiger partial charge in [-0.2, -0.15) is 4.58 Å².